The second kappa shape index (κ2) is 59.0. The molecule has 0 rings (SSSR count). The van der Waals surface area contributed by atoms with Crippen LogP contribution in [0.1, 0.15) is 247 Å². The molecule has 0 saturated heterocycles. The molecule has 2 N–H and O–H groups in total. The maximum atomic E-state index is 12.7. The summed E-state index contributed by atoms with van der Waals surface area (Å²) in [6.45, 7) is 22.0. The Labute approximate surface area is 375 Å². The molecule has 0 spiro atoms. The van der Waals surface area contributed by atoms with Gasteiger partial charge in [0.05, 0.1) is 18.6 Å². The van der Waals surface area contributed by atoms with E-state index >= 15 is 0 Å². The van der Waals surface area contributed by atoms with Crippen LogP contribution in [0.15, 0.2) is 0 Å². The van der Waals surface area contributed by atoms with E-state index < -0.39 is 0 Å². The number of hydrogen-bond donors (Lipinski definition) is 2. The van der Waals surface area contributed by atoms with E-state index in [4.69, 9.17) is 9.84 Å². The van der Waals surface area contributed by atoms with Crippen molar-refractivity contribution in [2.24, 2.45) is 5.92 Å². The van der Waals surface area contributed by atoms with Crippen molar-refractivity contribution in [2.45, 2.75) is 253 Å². The minimum atomic E-state index is -0.0250. The first kappa shape index (κ1) is 64.9. The van der Waals surface area contributed by atoms with Crippen molar-refractivity contribution in [1.82, 2.24) is 4.90 Å². The van der Waals surface area contributed by atoms with Gasteiger partial charge < -0.3 is 33.7 Å². The number of hydrogen-bond acceptors (Lipinski definition) is 5. The Hall–Kier alpha value is 0.727. The van der Waals surface area contributed by atoms with Gasteiger partial charge in [0.25, 0.3) is 0 Å². The summed E-state index contributed by atoms with van der Waals surface area (Å²) in [4.78, 5) is 15.3. The molecule has 0 aliphatic carbocycles. The summed E-state index contributed by atoms with van der Waals surface area (Å²) in [5.74, 6) is 0.175. The minimum absolute atomic E-state index is 0. The molecule has 0 aromatic rings. The molecule has 0 aliphatic rings. The van der Waals surface area contributed by atoms with Gasteiger partial charge in [-0.05, 0) is 64.5 Å². The quantitative estimate of drug-likeness (QED) is 0.0363. The molecule has 334 valence electrons. The van der Waals surface area contributed by atoms with Crippen LogP contribution in [-0.2, 0) is 51.7 Å². The normalized spacial score (nSPS) is 11.7. The van der Waals surface area contributed by atoms with Gasteiger partial charge in [0.1, 0.15) is 0 Å². The molecule has 0 aliphatic heterocycles. The van der Waals surface area contributed by atoms with Gasteiger partial charge in [0.15, 0.2) is 0 Å². The number of esters is 1. The topological polar surface area (TPSA) is 70.0 Å². The fourth-order valence-corrected chi connectivity index (χ4v) is 6.88. The van der Waals surface area contributed by atoms with Crippen molar-refractivity contribution < 1.29 is 61.9 Å². The SMILES string of the molecule is CCCCCCCCC(O)CCCCCC.[CH2-]C.[CH2-]CCCCCN(CCCO)CCCCCCOC(=O)C(CCCCCC)CCCCCCCC.[W].[W]. The molecular weight excluding hydrogens is 1020 g/mol. The van der Waals surface area contributed by atoms with Crippen molar-refractivity contribution in [3.05, 3.63) is 13.8 Å². The molecule has 0 amide bonds. The summed E-state index contributed by atoms with van der Waals surface area (Å²) in [7, 11) is 0. The summed E-state index contributed by atoms with van der Waals surface area (Å²) in [6.07, 6.45) is 39.8. The Kier molecular flexibility index (Phi) is 69.6. The molecule has 0 aromatic carbocycles. The maximum Gasteiger partial charge on any atom is 0.308 e. The van der Waals surface area contributed by atoms with E-state index in [1.165, 1.54) is 154 Å². The van der Waals surface area contributed by atoms with Crippen LogP contribution < -0.4 is 0 Å². The van der Waals surface area contributed by atoms with Gasteiger partial charge in [-0.25, -0.2) is 0 Å². The van der Waals surface area contributed by atoms with Gasteiger partial charge in [-0.15, -0.1) is 0 Å². The number of nitrogens with zero attached hydrogens (tertiary/aromatic N) is 1. The monoisotopic (exact) mass is 1120 g/mol. The Morgan fingerprint density at radius 1 is 0.509 bits per heavy atom. The van der Waals surface area contributed by atoms with Crippen molar-refractivity contribution in [3.8, 4) is 0 Å². The average Bonchev–Trinajstić information content (AvgIpc) is 3.17. The van der Waals surface area contributed by atoms with Gasteiger partial charge in [0, 0.05) is 55.3 Å². The molecule has 2 atom stereocenters. The van der Waals surface area contributed by atoms with Crippen LogP contribution in [0, 0.1) is 19.8 Å². The minimum Gasteiger partial charge on any atom is -0.465 e. The largest absolute Gasteiger partial charge is 0.465 e. The van der Waals surface area contributed by atoms with E-state index in [2.05, 4.69) is 46.4 Å². The van der Waals surface area contributed by atoms with Gasteiger partial charge in [0.2, 0.25) is 0 Å². The molecule has 2 unspecified atom stereocenters. The van der Waals surface area contributed by atoms with E-state index in [-0.39, 0.29) is 66.7 Å². The van der Waals surface area contributed by atoms with Crippen LogP contribution in [0.2, 0.25) is 0 Å². The number of carbonyl (C=O) groups excluding carboxylic acids is 1. The second-order valence-corrected chi connectivity index (χ2v) is 15.6. The van der Waals surface area contributed by atoms with Crippen LogP contribution in [0.5, 0.6) is 0 Å². The fraction of sp³-hybridized carbons (Fsp3) is 0.938. The van der Waals surface area contributed by atoms with Crippen molar-refractivity contribution in [1.29, 1.82) is 0 Å². The molecule has 0 radical (unpaired) electrons. The predicted molar refractivity (Wildman–Crippen MR) is 235 cm³/mol. The molecule has 0 saturated carbocycles. The first-order valence-electron chi connectivity index (χ1n) is 23.7. The molecule has 0 heterocycles. The van der Waals surface area contributed by atoms with E-state index in [9.17, 15) is 9.90 Å². The molecule has 0 fully saturated rings. The van der Waals surface area contributed by atoms with Crippen molar-refractivity contribution in [2.75, 3.05) is 32.8 Å². The number of unbranched alkanes of at least 4 members (excludes halogenated alkanes) is 22. The van der Waals surface area contributed by atoms with Crippen LogP contribution >= 0.6 is 0 Å². The average molecular weight is 1120 g/mol. The van der Waals surface area contributed by atoms with E-state index in [0.29, 0.717) is 6.61 Å². The maximum absolute atomic E-state index is 12.7. The Morgan fingerprint density at radius 3 is 1.29 bits per heavy atom. The third kappa shape index (κ3) is 54.7. The van der Waals surface area contributed by atoms with Gasteiger partial charge >= 0.3 is 5.97 Å². The van der Waals surface area contributed by atoms with E-state index in [1.807, 2.05) is 0 Å². The van der Waals surface area contributed by atoms with Gasteiger partial charge in [-0.3, -0.25) is 4.79 Å². The Balaban J connectivity index is -0.000000351. The third-order valence-electron chi connectivity index (χ3n) is 10.4. The zero-order chi connectivity index (χ0) is 39.9. The first-order chi connectivity index (χ1) is 26.0. The van der Waals surface area contributed by atoms with Crippen LogP contribution in [0.3, 0.4) is 0 Å². The Morgan fingerprint density at radius 2 is 0.855 bits per heavy atom. The molecule has 0 aromatic heterocycles. The van der Waals surface area contributed by atoms with Crippen LogP contribution in [-0.4, -0.2) is 60.0 Å². The number of ether oxygens (including phenoxy) is 1. The number of rotatable bonds is 40. The molecular formula is C48H99NO4W2-2. The van der Waals surface area contributed by atoms with Crippen LogP contribution in [0.25, 0.3) is 0 Å². The van der Waals surface area contributed by atoms with E-state index in [1.54, 1.807) is 6.92 Å². The first-order valence-corrected chi connectivity index (χ1v) is 23.7. The summed E-state index contributed by atoms with van der Waals surface area (Å²) in [5.41, 5.74) is 0. The molecule has 5 nitrogen and oxygen atoms in total. The van der Waals surface area contributed by atoms with Crippen LogP contribution in [0.4, 0.5) is 0 Å². The summed E-state index contributed by atoms with van der Waals surface area (Å²) >= 11 is 0. The third-order valence-corrected chi connectivity index (χ3v) is 10.4. The smallest absolute Gasteiger partial charge is 0.308 e. The number of carbonyl (C=O) groups is 1. The molecule has 7 heteroatoms. The zero-order valence-corrected chi connectivity index (χ0v) is 43.8. The van der Waals surface area contributed by atoms with Gasteiger partial charge in [-0.1, -0.05) is 182 Å². The fourth-order valence-electron chi connectivity index (χ4n) is 6.88. The second-order valence-electron chi connectivity index (χ2n) is 15.6. The van der Waals surface area contributed by atoms with E-state index in [0.717, 1.165) is 77.4 Å². The molecule has 55 heavy (non-hydrogen) atoms. The van der Waals surface area contributed by atoms with Gasteiger partial charge in [-0.2, -0.15) is 13.3 Å². The Bertz CT molecular complexity index is 657. The molecule has 0 bridgehead atoms. The summed E-state index contributed by atoms with van der Waals surface area (Å²) in [5, 5.41) is 18.9. The number of aliphatic hydroxyl groups excluding tert-OH is 2. The summed E-state index contributed by atoms with van der Waals surface area (Å²) in [6, 6.07) is 0. The van der Waals surface area contributed by atoms with Crippen molar-refractivity contribution in [3.63, 3.8) is 0 Å². The zero-order valence-electron chi connectivity index (χ0n) is 37.9. The van der Waals surface area contributed by atoms with Crippen molar-refractivity contribution >= 4 is 5.97 Å². The summed E-state index contributed by atoms with van der Waals surface area (Å²) < 4.78 is 5.73. The number of aliphatic hydroxyl groups is 2. The predicted octanol–water partition coefficient (Wildman–Crippen LogP) is 14.4. The standard InChI is InChI=1S/C31H62NO3.C15H32O.C2H5.2W/c1-4-7-10-13-14-18-24-30(23-17-11-8-5-2)31(34)35-29-21-16-15-20-26-32(27-22-28-33)25-19-12-9-6-3;1-3-5-7-9-10-12-14-15(16)13-11-8-6-4-2;1-2;;/h30,33H,3-29H2,1-2H3;15-16H,3-14H2,1-2H3;1H2,2H3;;/q-1;;-1;;.